The monoisotopic (exact) mass is 358 g/mol. The van der Waals surface area contributed by atoms with Crippen LogP contribution in [-0.4, -0.2) is 26.0 Å². The van der Waals surface area contributed by atoms with E-state index in [1.807, 2.05) is 30.3 Å². The highest BCUT2D eigenvalue weighted by molar-refractivity contribution is 6.04. The summed E-state index contributed by atoms with van der Waals surface area (Å²) in [5.74, 6) is 0.881. The van der Waals surface area contributed by atoms with E-state index in [0.717, 1.165) is 34.2 Å². The third kappa shape index (κ3) is 3.51. The average molecular weight is 358 g/mol. The van der Waals surface area contributed by atoms with Crippen molar-refractivity contribution in [1.82, 2.24) is 19.7 Å². The highest BCUT2D eigenvalue weighted by atomic mass is 15.4. The molecule has 0 aliphatic heterocycles. The number of nitrogens with zero attached hydrogens (tertiary/aromatic N) is 5. The summed E-state index contributed by atoms with van der Waals surface area (Å²) in [7, 11) is 0. The molecule has 0 aliphatic carbocycles. The molecule has 0 unspecified atom stereocenters. The number of hydrogen-bond donors (Lipinski definition) is 1. The van der Waals surface area contributed by atoms with Gasteiger partial charge in [-0.1, -0.05) is 55.8 Å². The van der Waals surface area contributed by atoms with Crippen LogP contribution in [0.2, 0.25) is 0 Å². The summed E-state index contributed by atoms with van der Waals surface area (Å²) < 4.78 is 2.22. The normalized spacial score (nSPS) is 11.9. The molecule has 0 saturated carbocycles. The molecular formula is C21H22N6. The Bertz CT molecular complexity index is 1110. The van der Waals surface area contributed by atoms with Gasteiger partial charge < -0.3 is 4.57 Å². The van der Waals surface area contributed by atoms with E-state index in [9.17, 15) is 0 Å². The van der Waals surface area contributed by atoms with Gasteiger partial charge in [0.25, 0.3) is 5.95 Å². The Morgan fingerprint density at radius 1 is 1.11 bits per heavy atom. The van der Waals surface area contributed by atoms with Gasteiger partial charge in [-0.25, -0.2) is 5.43 Å². The fraction of sp³-hybridized carbons (Fsp3) is 0.238. The summed E-state index contributed by atoms with van der Waals surface area (Å²) in [6, 6.07) is 16.3. The first-order valence-corrected chi connectivity index (χ1v) is 9.09. The second kappa shape index (κ2) is 7.15. The van der Waals surface area contributed by atoms with Gasteiger partial charge in [0.15, 0.2) is 5.65 Å². The van der Waals surface area contributed by atoms with E-state index in [2.05, 4.69) is 64.3 Å². The lowest BCUT2D eigenvalue weighted by Gasteiger charge is -2.09. The third-order valence-electron chi connectivity index (χ3n) is 4.35. The molecule has 2 heterocycles. The maximum atomic E-state index is 4.69. The number of hydrogen-bond acceptors (Lipinski definition) is 5. The molecule has 0 aliphatic rings. The summed E-state index contributed by atoms with van der Waals surface area (Å²) in [4.78, 5) is 4.69. The predicted molar refractivity (Wildman–Crippen MR) is 110 cm³/mol. The molecule has 0 bridgehead atoms. The van der Waals surface area contributed by atoms with Crippen LogP contribution in [0.15, 0.2) is 53.6 Å². The predicted octanol–water partition coefficient (Wildman–Crippen LogP) is 4.39. The highest BCUT2D eigenvalue weighted by Crippen LogP contribution is 2.28. The molecule has 0 fully saturated rings. The Balaban J connectivity index is 1.74. The zero-order chi connectivity index (χ0) is 18.8. The Hall–Kier alpha value is -3.28. The molecule has 0 spiro atoms. The first-order valence-electron chi connectivity index (χ1n) is 9.09. The maximum absolute atomic E-state index is 4.69. The maximum Gasteiger partial charge on any atom is 0.265 e. The summed E-state index contributed by atoms with van der Waals surface area (Å²) >= 11 is 0. The molecule has 0 atom stereocenters. The molecule has 6 heteroatoms. The second-order valence-electron chi connectivity index (χ2n) is 7.11. The SMILES string of the molecule is Cc1ccc2c(c1)c1nnc(N/N=C/c3ccccc3)nc1n2CC(C)C. The number of benzene rings is 2. The first-order chi connectivity index (χ1) is 13.1. The van der Waals surface area contributed by atoms with Gasteiger partial charge in [-0.05, 0) is 30.5 Å². The number of aryl methyl sites for hydroxylation is 1. The highest BCUT2D eigenvalue weighted by Gasteiger charge is 2.15. The minimum Gasteiger partial charge on any atom is -0.323 e. The molecule has 0 radical (unpaired) electrons. The summed E-state index contributed by atoms with van der Waals surface area (Å²) in [5, 5.41) is 14.0. The van der Waals surface area contributed by atoms with E-state index >= 15 is 0 Å². The van der Waals surface area contributed by atoms with Gasteiger partial charge in [-0.2, -0.15) is 10.1 Å². The Kier molecular flexibility index (Phi) is 4.54. The van der Waals surface area contributed by atoms with Gasteiger partial charge in [-0.15, -0.1) is 10.2 Å². The molecule has 0 saturated heterocycles. The number of aromatic nitrogens is 4. The van der Waals surface area contributed by atoms with Crippen LogP contribution in [0.5, 0.6) is 0 Å². The Labute approximate surface area is 158 Å². The number of anilines is 1. The standard InChI is InChI=1S/C21H22N6/c1-14(2)13-27-18-10-9-15(3)11-17(18)19-20(27)23-21(26-24-19)25-22-12-16-7-5-4-6-8-16/h4-12,14H,13H2,1-3H3,(H,23,25,26)/b22-12+. The van der Waals surface area contributed by atoms with E-state index in [1.54, 1.807) is 6.21 Å². The molecule has 4 aromatic rings. The molecule has 2 aromatic carbocycles. The quantitative estimate of drug-likeness (QED) is 0.424. The minimum absolute atomic E-state index is 0.388. The van der Waals surface area contributed by atoms with Crippen molar-refractivity contribution in [2.75, 3.05) is 5.43 Å². The molecule has 6 nitrogen and oxygen atoms in total. The van der Waals surface area contributed by atoms with Gasteiger partial charge >= 0.3 is 0 Å². The molecule has 1 N–H and O–H groups in total. The first kappa shape index (κ1) is 17.1. The van der Waals surface area contributed by atoms with Crippen LogP contribution >= 0.6 is 0 Å². The van der Waals surface area contributed by atoms with Crippen LogP contribution in [0.1, 0.15) is 25.0 Å². The molecule has 136 valence electrons. The summed E-state index contributed by atoms with van der Waals surface area (Å²) in [5.41, 5.74) is 7.88. The van der Waals surface area contributed by atoms with E-state index < -0.39 is 0 Å². The topological polar surface area (TPSA) is 68.0 Å². The van der Waals surface area contributed by atoms with Gasteiger partial charge in [0.05, 0.1) is 11.7 Å². The van der Waals surface area contributed by atoms with Crippen molar-refractivity contribution in [2.45, 2.75) is 27.3 Å². The van der Waals surface area contributed by atoms with Gasteiger partial charge in [-0.3, -0.25) is 0 Å². The fourth-order valence-electron chi connectivity index (χ4n) is 3.17. The zero-order valence-corrected chi connectivity index (χ0v) is 15.7. The number of hydrazone groups is 1. The van der Waals surface area contributed by atoms with E-state index in [1.165, 1.54) is 5.56 Å². The van der Waals surface area contributed by atoms with Crippen LogP contribution in [-0.2, 0) is 6.54 Å². The van der Waals surface area contributed by atoms with Crippen molar-refractivity contribution in [2.24, 2.45) is 11.0 Å². The molecule has 27 heavy (non-hydrogen) atoms. The van der Waals surface area contributed by atoms with Crippen molar-refractivity contribution >= 4 is 34.2 Å². The van der Waals surface area contributed by atoms with E-state index in [0.29, 0.717) is 11.9 Å². The lowest BCUT2D eigenvalue weighted by Crippen LogP contribution is -2.06. The summed E-state index contributed by atoms with van der Waals surface area (Å²) in [6.07, 6.45) is 1.74. The van der Waals surface area contributed by atoms with Crippen LogP contribution in [0, 0.1) is 12.8 Å². The number of fused-ring (bicyclic) bond motifs is 3. The van der Waals surface area contributed by atoms with E-state index in [4.69, 9.17) is 4.98 Å². The molecular weight excluding hydrogens is 336 g/mol. The fourth-order valence-corrected chi connectivity index (χ4v) is 3.17. The lowest BCUT2D eigenvalue weighted by atomic mass is 10.1. The number of rotatable bonds is 5. The van der Waals surface area contributed by atoms with Crippen molar-refractivity contribution in [3.8, 4) is 0 Å². The van der Waals surface area contributed by atoms with E-state index in [-0.39, 0.29) is 0 Å². The molecule has 2 aromatic heterocycles. The van der Waals surface area contributed by atoms with Crippen molar-refractivity contribution in [3.05, 3.63) is 59.7 Å². The smallest absolute Gasteiger partial charge is 0.265 e. The van der Waals surface area contributed by atoms with Crippen LogP contribution in [0.3, 0.4) is 0 Å². The Morgan fingerprint density at radius 3 is 2.70 bits per heavy atom. The number of nitrogens with one attached hydrogen (secondary N) is 1. The minimum atomic E-state index is 0.388. The average Bonchev–Trinajstić information content (AvgIpc) is 2.95. The Morgan fingerprint density at radius 2 is 1.93 bits per heavy atom. The van der Waals surface area contributed by atoms with Gasteiger partial charge in [0.2, 0.25) is 0 Å². The molecule has 4 rings (SSSR count). The second-order valence-corrected chi connectivity index (χ2v) is 7.11. The largest absolute Gasteiger partial charge is 0.323 e. The van der Waals surface area contributed by atoms with Crippen LogP contribution in [0.4, 0.5) is 5.95 Å². The van der Waals surface area contributed by atoms with Crippen LogP contribution < -0.4 is 5.43 Å². The summed E-state index contributed by atoms with van der Waals surface area (Å²) in [6.45, 7) is 7.35. The third-order valence-corrected chi connectivity index (χ3v) is 4.35. The van der Waals surface area contributed by atoms with Gasteiger partial charge in [0, 0.05) is 11.9 Å². The van der Waals surface area contributed by atoms with Crippen molar-refractivity contribution in [3.63, 3.8) is 0 Å². The lowest BCUT2D eigenvalue weighted by molar-refractivity contribution is 0.543. The van der Waals surface area contributed by atoms with Crippen LogP contribution in [0.25, 0.3) is 22.1 Å². The zero-order valence-electron chi connectivity index (χ0n) is 15.7. The van der Waals surface area contributed by atoms with Crippen molar-refractivity contribution in [1.29, 1.82) is 0 Å². The van der Waals surface area contributed by atoms with Crippen molar-refractivity contribution < 1.29 is 0 Å². The molecule has 0 amide bonds. The van der Waals surface area contributed by atoms with Gasteiger partial charge in [0.1, 0.15) is 5.52 Å².